The average Bonchev–Trinajstić information content (AvgIpc) is 2.71. The van der Waals surface area contributed by atoms with Crippen molar-refractivity contribution in [2.24, 2.45) is 0 Å². The fourth-order valence-electron chi connectivity index (χ4n) is 2.63. The van der Waals surface area contributed by atoms with Crippen LogP contribution in [0, 0.1) is 6.92 Å². The van der Waals surface area contributed by atoms with Gasteiger partial charge in [0.15, 0.2) is 11.4 Å². The number of anilines is 1. The van der Waals surface area contributed by atoms with E-state index in [1.165, 1.54) is 0 Å². The smallest absolute Gasteiger partial charge is 0.261 e. The number of halogens is 1. The van der Waals surface area contributed by atoms with Gasteiger partial charge >= 0.3 is 0 Å². The monoisotopic (exact) mass is 359 g/mol. The zero-order chi connectivity index (χ0) is 15.9. The number of aryl methyl sites for hydroxylation is 1. The second kappa shape index (κ2) is 5.34. The van der Waals surface area contributed by atoms with Gasteiger partial charge in [0.1, 0.15) is 0 Å². The van der Waals surface area contributed by atoms with Crippen LogP contribution in [0.2, 0.25) is 0 Å². The van der Waals surface area contributed by atoms with Crippen LogP contribution in [0.4, 0.5) is 5.69 Å². The molecule has 0 radical (unpaired) electrons. The number of amides is 1. The van der Waals surface area contributed by atoms with E-state index in [9.17, 15) is 14.7 Å². The Kier molecular flexibility index (Phi) is 3.62. The normalized spacial score (nSPS) is 19.7. The molecule has 1 aliphatic heterocycles. The first kappa shape index (κ1) is 14.9. The molecule has 3 rings (SSSR count). The van der Waals surface area contributed by atoms with Crippen LogP contribution in [0.3, 0.4) is 0 Å². The van der Waals surface area contributed by atoms with Gasteiger partial charge in [0, 0.05) is 21.3 Å². The highest BCUT2D eigenvalue weighted by atomic mass is 79.9. The minimum absolute atomic E-state index is 0.284. The quantitative estimate of drug-likeness (QED) is 0.827. The topological polar surface area (TPSA) is 66.4 Å². The van der Waals surface area contributed by atoms with Crippen LogP contribution in [0.1, 0.15) is 27.9 Å². The first-order valence-electron chi connectivity index (χ1n) is 6.84. The molecule has 5 heteroatoms. The number of ketones is 1. The van der Waals surface area contributed by atoms with Crippen LogP contribution in [-0.2, 0) is 10.4 Å². The van der Waals surface area contributed by atoms with Gasteiger partial charge in [-0.1, -0.05) is 45.8 Å². The zero-order valence-electron chi connectivity index (χ0n) is 11.9. The predicted molar refractivity (Wildman–Crippen MR) is 86.8 cm³/mol. The molecule has 2 aromatic carbocycles. The van der Waals surface area contributed by atoms with E-state index in [1.807, 2.05) is 19.1 Å². The Labute approximate surface area is 136 Å². The van der Waals surface area contributed by atoms with E-state index in [1.54, 1.807) is 30.3 Å². The summed E-state index contributed by atoms with van der Waals surface area (Å²) in [5.41, 5.74) is 0.571. The van der Waals surface area contributed by atoms with Gasteiger partial charge in [0.25, 0.3) is 5.91 Å². The summed E-state index contributed by atoms with van der Waals surface area (Å²) in [6.07, 6.45) is -0.286. The van der Waals surface area contributed by atoms with E-state index in [0.29, 0.717) is 16.8 Å². The summed E-state index contributed by atoms with van der Waals surface area (Å²) in [5, 5.41) is 13.4. The number of hydrogen-bond donors (Lipinski definition) is 2. The van der Waals surface area contributed by atoms with Gasteiger partial charge in [0.2, 0.25) is 0 Å². The molecule has 0 aliphatic carbocycles. The molecule has 22 heavy (non-hydrogen) atoms. The number of carbonyl (C=O) groups excluding carboxylic acids is 2. The lowest BCUT2D eigenvalue weighted by Gasteiger charge is -2.20. The summed E-state index contributed by atoms with van der Waals surface area (Å²) in [6.45, 7) is 1.87. The molecule has 0 saturated carbocycles. The molecule has 1 heterocycles. The Morgan fingerprint density at radius 3 is 2.77 bits per heavy atom. The number of benzene rings is 2. The van der Waals surface area contributed by atoms with Crippen molar-refractivity contribution in [3.8, 4) is 0 Å². The summed E-state index contributed by atoms with van der Waals surface area (Å²) in [5.74, 6) is -0.843. The van der Waals surface area contributed by atoms with Crippen molar-refractivity contribution < 1.29 is 14.7 Å². The number of carbonyl (C=O) groups is 2. The lowest BCUT2D eigenvalue weighted by atomic mass is 9.87. The number of fused-ring (bicyclic) bond motifs is 1. The Morgan fingerprint density at radius 1 is 1.27 bits per heavy atom. The third-order valence-electron chi connectivity index (χ3n) is 3.81. The summed E-state index contributed by atoms with van der Waals surface area (Å²) in [6, 6.07) is 12.2. The Hall–Kier alpha value is -1.98. The van der Waals surface area contributed by atoms with Gasteiger partial charge in [-0.3, -0.25) is 9.59 Å². The molecule has 4 nitrogen and oxygen atoms in total. The number of rotatable bonds is 3. The maximum Gasteiger partial charge on any atom is 0.261 e. The van der Waals surface area contributed by atoms with Gasteiger partial charge in [0.05, 0.1) is 6.42 Å². The first-order valence-corrected chi connectivity index (χ1v) is 7.63. The largest absolute Gasteiger partial charge is 0.375 e. The minimum Gasteiger partial charge on any atom is -0.375 e. The molecule has 0 unspecified atom stereocenters. The maximum absolute atomic E-state index is 12.4. The van der Waals surface area contributed by atoms with Crippen molar-refractivity contribution >= 4 is 33.3 Å². The molecule has 0 saturated heterocycles. The van der Waals surface area contributed by atoms with Crippen LogP contribution < -0.4 is 5.32 Å². The molecule has 0 spiro atoms. The molecular formula is C17H14BrNO3. The lowest BCUT2D eigenvalue weighted by molar-refractivity contribution is -0.133. The highest BCUT2D eigenvalue weighted by Gasteiger charge is 2.46. The third-order valence-corrected chi connectivity index (χ3v) is 4.30. The Morgan fingerprint density at radius 2 is 2.05 bits per heavy atom. The van der Waals surface area contributed by atoms with Gasteiger partial charge in [-0.2, -0.15) is 0 Å². The summed E-state index contributed by atoms with van der Waals surface area (Å²) >= 11 is 3.31. The number of Topliss-reactive ketones (excluding diaryl/α,β-unsaturated/α-hetero) is 1. The van der Waals surface area contributed by atoms with Gasteiger partial charge in [-0.05, 0) is 25.1 Å². The molecule has 0 bridgehead atoms. The fourth-order valence-corrected chi connectivity index (χ4v) is 3.03. The number of aliphatic hydroxyl groups is 1. The Bertz CT molecular complexity index is 787. The zero-order valence-corrected chi connectivity index (χ0v) is 13.5. The molecule has 0 aromatic heterocycles. The minimum atomic E-state index is -1.82. The Balaban J connectivity index is 1.96. The van der Waals surface area contributed by atoms with Gasteiger partial charge in [-0.25, -0.2) is 0 Å². The van der Waals surface area contributed by atoms with Crippen LogP contribution in [0.5, 0.6) is 0 Å². The lowest BCUT2D eigenvalue weighted by Crippen LogP contribution is -2.36. The molecule has 2 aromatic rings. The number of hydrogen-bond acceptors (Lipinski definition) is 3. The third kappa shape index (κ3) is 2.46. The van der Waals surface area contributed by atoms with Crippen molar-refractivity contribution in [2.45, 2.75) is 18.9 Å². The van der Waals surface area contributed by atoms with Crippen molar-refractivity contribution in [1.29, 1.82) is 0 Å². The standard InChI is InChI=1S/C17H14BrNO3/c1-10-5-6-14-13(7-10)17(22,16(21)19-14)9-15(20)11-3-2-4-12(18)8-11/h2-8,22H,9H2,1H3,(H,19,21)/t17-/m1/s1. The fraction of sp³-hybridized carbons (Fsp3) is 0.176. The highest BCUT2D eigenvalue weighted by Crippen LogP contribution is 2.39. The summed E-state index contributed by atoms with van der Waals surface area (Å²) in [7, 11) is 0. The second-order valence-electron chi connectivity index (χ2n) is 5.47. The van der Waals surface area contributed by atoms with Crippen LogP contribution in [-0.4, -0.2) is 16.8 Å². The predicted octanol–water partition coefficient (Wildman–Crippen LogP) is 3.17. The summed E-state index contributed by atoms with van der Waals surface area (Å²) < 4.78 is 0.775. The number of nitrogens with one attached hydrogen (secondary N) is 1. The molecule has 1 amide bonds. The molecule has 1 atom stereocenters. The molecule has 2 N–H and O–H groups in total. The van der Waals surface area contributed by atoms with E-state index in [2.05, 4.69) is 21.2 Å². The van der Waals surface area contributed by atoms with E-state index in [4.69, 9.17) is 0 Å². The summed E-state index contributed by atoms with van der Waals surface area (Å²) in [4.78, 5) is 24.6. The molecule has 1 aliphatic rings. The molecule has 112 valence electrons. The van der Waals surface area contributed by atoms with Crippen LogP contribution in [0.25, 0.3) is 0 Å². The van der Waals surface area contributed by atoms with E-state index < -0.39 is 11.5 Å². The van der Waals surface area contributed by atoms with Gasteiger partial charge in [-0.15, -0.1) is 0 Å². The maximum atomic E-state index is 12.4. The first-order chi connectivity index (χ1) is 10.4. The van der Waals surface area contributed by atoms with E-state index in [-0.39, 0.29) is 12.2 Å². The van der Waals surface area contributed by atoms with Gasteiger partial charge < -0.3 is 10.4 Å². The van der Waals surface area contributed by atoms with Crippen molar-refractivity contribution in [3.63, 3.8) is 0 Å². The molecule has 0 fully saturated rings. The van der Waals surface area contributed by atoms with Crippen LogP contribution >= 0.6 is 15.9 Å². The van der Waals surface area contributed by atoms with Crippen molar-refractivity contribution in [1.82, 2.24) is 0 Å². The van der Waals surface area contributed by atoms with E-state index in [0.717, 1.165) is 10.0 Å². The van der Waals surface area contributed by atoms with Crippen molar-refractivity contribution in [3.05, 3.63) is 63.6 Å². The molecular weight excluding hydrogens is 346 g/mol. The average molecular weight is 360 g/mol. The van der Waals surface area contributed by atoms with E-state index >= 15 is 0 Å². The second-order valence-corrected chi connectivity index (χ2v) is 6.39. The SMILES string of the molecule is Cc1ccc2c(c1)[C@](O)(CC(=O)c1cccc(Br)c1)C(=O)N2. The van der Waals surface area contributed by atoms with Crippen LogP contribution in [0.15, 0.2) is 46.9 Å². The highest BCUT2D eigenvalue weighted by molar-refractivity contribution is 9.10. The van der Waals surface area contributed by atoms with Crippen molar-refractivity contribution in [2.75, 3.05) is 5.32 Å².